The van der Waals surface area contributed by atoms with Crippen LogP contribution in [0.5, 0.6) is 0 Å². The SMILES string of the molecule is CC[C@H](C)[C@H](N)C(=O)N[C@@H](Cc1ccccc1)C(=O)N[C@@H](CNC(=O)c1c2c(nc3ccccc13)CCCC2)C(=O)O. The van der Waals surface area contributed by atoms with Crippen molar-refractivity contribution in [2.45, 2.75) is 70.5 Å². The number of carbonyl (C=O) groups is 4. The molecule has 0 aliphatic heterocycles. The van der Waals surface area contributed by atoms with Gasteiger partial charge in [0.2, 0.25) is 11.8 Å². The Bertz CT molecular complexity index is 1440. The molecule has 1 aromatic heterocycles. The van der Waals surface area contributed by atoms with Crippen LogP contribution in [0.15, 0.2) is 54.6 Å². The van der Waals surface area contributed by atoms with E-state index in [1.54, 1.807) is 0 Å². The molecule has 6 N–H and O–H groups in total. The molecule has 0 radical (unpaired) electrons. The van der Waals surface area contributed by atoms with E-state index in [0.717, 1.165) is 36.1 Å². The van der Waals surface area contributed by atoms with Crippen molar-refractivity contribution in [3.63, 3.8) is 0 Å². The number of nitrogens with two attached hydrogens (primary N) is 1. The number of aromatic nitrogens is 1. The van der Waals surface area contributed by atoms with Crippen molar-refractivity contribution < 1.29 is 24.3 Å². The van der Waals surface area contributed by atoms with E-state index >= 15 is 0 Å². The van der Waals surface area contributed by atoms with Crippen LogP contribution in [0.3, 0.4) is 0 Å². The van der Waals surface area contributed by atoms with Gasteiger partial charge in [-0.3, -0.25) is 19.4 Å². The molecular weight excluding hydrogens is 534 g/mol. The number of amides is 3. The predicted octanol–water partition coefficient (Wildman–Crippen LogP) is 2.51. The highest BCUT2D eigenvalue weighted by Crippen LogP contribution is 2.29. The van der Waals surface area contributed by atoms with E-state index in [4.69, 9.17) is 10.7 Å². The van der Waals surface area contributed by atoms with E-state index in [2.05, 4.69) is 16.0 Å². The zero-order valence-corrected chi connectivity index (χ0v) is 24.1. The van der Waals surface area contributed by atoms with Gasteiger partial charge < -0.3 is 26.8 Å². The first-order valence-electron chi connectivity index (χ1n) is 14.5. The fraction of sp³-hybridized carbons (Fsp3) is 0.406. The van der Waals surface area contributed by atoms with Crippen LogP contribution in [-0.4, -0.2) is 58.5 Å². The second-order valence-electron chi connectivity index (χ2n) is 10.9. The summed E-state index contributed by atoms with van der Waals surface area (Å²) in [4.78, 5) is 56.7. The number of carboxylic acids is 1. The molecular formula is C32H39N5O5. The summed E-state index contributed by atoms with van der Waals surface area (Å²) < 4.78 is 0. The normalized spacial score (nSPS) is 15.5. The number of benzene rings is 2. The Kier molecular flexibility index (Phi) is 10.2. The number of pyridine rings is 1. The van der Waals surface area contributed by atoms with Gasteiger partial charge in [-0.1, -0.05) is 68.8 Å². The largest absolute Gasteiger partial charge is 0.480 e. The van der Waals surface area contributed by atoms with Crippen LogP contribution >= 0.6 is 0 Å². The number of carbonyl (C=O) groups excluding carboxylic acids is 3. The van der Waals surface area contributed by atoms with Gasteiger partial charge >= 0.3 is 5.97 Å². The monoisotopic (exact) mass is 573 g/mol. The summed E-state index contributed by atoms with van der Waals surface area (Å²) in [6, 6.07) is 13.2. The quantitative estimate of drug-likeness (QED) is 0.222. The molecule has 2 aromatic carbocycles. The van der Waals surface area contributed by atoms with Crippen molar-refractivity contribution >= 4 is 34.6 Å². The Morgan fingerprint density at radius 1 is 0.929 bits per heavy atom. The third kappa shape index (κ3) is 7.30. The van der Waals surface area contributed by atoms with Gasteiger partial charge in [0.1, 0.15) is 12.1 Å². The minimum absolute atomic E-state index is 0.109. The fourth-order valence-electron chi connectivity index (χ4n) is 5.23. The molecule has 222 valence electrons. The number of nitrogens with zero attached hydrogens (tertiary/aromatic N) is 1. The minimum atomic E-state index is -1.43. The molecule has 1 aliphatic carbocycles. The first-order valence-corrected chi connectivity index (χ1v) is 14.5. The molecule has 0 saturated carbocycles. The zero-order chi connectivity index (χ0) is 30.2. The molecule has 42 heavy (non-hydrogen) atoms. The molecule has 3 amide bonds. The molecule has 4 rings (SSSR count). The van der Waals surface area contributed by atoms with E-state index in [0.29, 0.717) is 29.3 Å². The van der Waals surface area contributed by atoms with Crippen LogP contribution in [0.2, 0.25) is 0 Å². The Hall–Kier alpha value is -4.31. The summed E-state index contributed by atoms with van der Waals surface area (Å²) in [5.74, 6) is -3.01. The highest BCUT2D eigenvalue weighted by molar-refractivity contribution is 6.08. The topological polar surface area (TPSA) is 164 Å². The summed E-state index contributed by atoms with van der Waals surface area (Å²) in [6.07, 6.45) is 4.25. The summed E-state index contributed by atoms with van der Waals surface area (Å²) in [5, 5.41) is 18.6. The van der Waals surface area contributed by atoms with Crippen LogP contribution < -0.4 is 21.7 Å². The highest BCUT2D eigenvalue weighted by Gasteiger charge is 2.30. The molecule has 0 unspecified atom stereocenters. The maximum Gasteiger partial charge on any atom is 0.328 e. The molecule has 0 fully saturated rings. The number of carboxylic acid groups (broad SMARTS) is 1. The number of fused-ring (bicyclic) bond motifs is 2. The zero-order valence-electron chi connectivity index (χ0n) is 24.1. The summed E-state index contributed by atoms with van der Waals surface area (Å²) in [6.45, 7) is 3.43. The van der Waals surface area contributed by atoms with Crippen molar-refractivity contribution in [1.82, 2.24) is 20.9 Å². The van der Waals surface area contributed by atoms with Crippen molar-refractivity contribution in [3.8, 4) is 0 Å². The van der Waals surface area contributed by atoms with Gasteiger partial charge in [0, 0.05) is 24.0 Å². The van der Waals surface area contributed by atoms with Crippen molar-refractivity contribution in [2.24, 2.45) is 11.7 Å². The number of aryl methyl sites for hydroxylation is 1. The molecule has 4 atom stereocenters. The van der Waals surface area contributed by atoms with Gasteiger partial charge in [0.15, 0.2) is 0 Å². The number of rotatable bonds is 12. The van der Waals surface area contributed by atoms with Gasteiger partial charge in [-0.05, 0) is 48.8 Å². The van der Waals surface area contributed by atoms with Crippen LogP contribution in [0.4, 0.5) is 0 Å². The Balaban J connectivity index is 1.51. The molecule has 0 bridgehead atoms. The van der Waals surface area contributed by atoms with Gasteiger partial charge in [-0.2, -0.15) is 0 Å². The molecule has 10 heteroatoms. The first-order chi connectivity index (χ1) is 20.2. The predicted molar refractivity (Wildman–Crippen MR) is 160 cm³/mol. The second kappa shape index (κ2) is 14.0. The smallest absolute Gasteiger partial charge is 0.328 e. The van der Waals surface area contributed by atoms with Crippen LogP contribution in [0.25, 0.3) is 10.9 Å². The van der Waals surface area contributed by atoms with Crippen molar-refractivity contribution in [1.29, 1.82) is 0 Å². The first kappa shape index (κ1) is 30.6. The number of para-hydroxylation sites is 1. The van der Waals surface area contributed by atoms with Crippen LogP contribution in [0, 0.1) is 5.92 Å². The lowest BCUT2D eigenvalue weighted by Crippen LogP contribution is -2.57. The summed E-state index contributed by atoms with van der Waals surface area (Å²) >= 11 is 0. The average molecular weight is 574 g/mol. The number of hydrogen-bond donors (Lipinski definition) is 5. The standard InChI is InChI=1S/C32H39N5O5/c1-3-19(2)28(33)31(40)36-25(17-20-11-5-4-6-12-20)29(38)37-26(32(41)42)18-34-30(39)27-21-13-7-9-15-23(21)35-24-16-10-8-14-22(24)27/h4-7,9,11-13,15,19,25-26,28H,3,8,10,14,16-18,33H2,1-2H3,(H,34,39)(H,36,40)(H,37,38)(H,41,42)/t19-,25-,26-,28-/m0/s1. The van der Waals surface area contributed by atoms with Crippen molar-refractivity contribution in [2.75, 3.05) is 6.54 Å². The lowest BCUT2D eigenvalue weighted by molar-refractivity contribution is -0.142. The third-order valence-corrected chi connectivity index (χ3v) is 7.95. The second-order valence-corrected chi connectivity index (χ2v) is 10.9. The van der Waals surface area contributed by atoms with E-state index in [1.165, 1.54) is 0 Å². The molecule has 1 heterocycles. The van der Waals surface area contributed by atoms with E-state index in [1.807, 2.05) is 68.4 Å². The van der Waals surface area contributed by atoms with Gasteiger partial charge in [0.25, 0.3) is 5.91 Å². The van der Waals surface area contributed by atoms with Gasteiger partial charge in [-0.25, -0.2) is 4.79 Å². The lowest BCUT2D eigenvalue weighted by atomic mass is 9.89. The number of aliphatic carboxylic acids is 1. The lowest BCUT2D eigenvalue weighted by Gasteiger charge is -2.25. The minimum Gasteiger partial charge on any atom is -0.480 e. The van der Waals surface area contributed by atoms with Gasteiger partial charge in [0.05, 0.1) is 17.1 Å². The molecule has 0 saturated heterocycles. The van der Waals surface area contributed by atoms with Crippen LogP contribution in [-0.2, 0) is 33.6 Å². The number of nitrogens with one attached hydrogen (secondary N) is 3. The molecule has 1 aliphatic rings. The molecule has 0 spiro atoms. The maximum absolute atomic E-state index is 13.5. The Morgan fingerprint density at radius 3 is 2.31 bits per heavy atom. The fourth-order valence-corrected chi connectivity index (χ4v) is 5.23. The molecule has 3 aromatic rings. The summed E-state index contributed by atoms with van der Waals surface area (Å²) in [7, 11) is 0. The number of hydrogen-bond acceptors (Lipinski definition) is 6. The Morgan fingerprint density at radius 2 is 1.60 bits per heavy atom. The van der Waals surface area contributed by atoms with E-state index < -0.39 is 41.8 Å². The molecule has 10 nitrogen and oxygen atoms in total. The average Bonchev–Trinajstić information content (AvgIpc) is 3.00. The summed E-state index contributed by atoms with van der Waals surface area (Å²) in [5.41, 5.74) is 9.87. The van der Waals surface area contributed by atoms with Crippen LogP contribution in [0.1, 0.15) is 60.3 Å². The van der Waals surface area contributed by atoms with E-state index in [-0.39, 0.29) is 18.9 Å². The highest BCUT2D eigenvalue weighted by atomic mass is 16.4. The van der Waals surface area contributed by atoms with Gasteiger partial charge in [-0.15, -0.1) is 0 Å². The van der Waals surface area contributed by atoms with E-state index in [9.17, 15) is 24.3 Å². The third-order valence-electron chi connectivity index (χ3n) is 7.95. The Labute approximate surface area is 245 Å². The maximum atomic E-state index is 13.5. The van der Waals surface area contributed by atoms with Crippen molar-refractivity contribution in [3.05, 3.63) is 77.0 Å².